The molecule has 1 rings (SSSR count). The summed E-state index contributed by atoms with van der Waals surface area (Å²) in [6, 6.07) is 0. The normalized spacial score (nSPS) is 24.5. The minimum Gasteiger partial charge on any atom is -0.327 e. The molecule has 0 aromatic carbocycles. The summed E-state index contributed by atoms with van der Waals surface area (Å²) in [6.45, 7) is 5.86. The predicted molar refractivity (Wildman–Crippen MR) is 42.9 cm³/mol. The van der Waals surface area contributed by atoms with Crippen molar-refractivity contribution < 1.29 is 0 Å². The molecule has 0 amide bonds. The zero-order valence-corrected chi connectivity index (χ0v) is 7.04. The van der Waals surface area contributed by atoms with Crippen LogP contribution in [0.15, 0.2) is 5.10 Å². The van der Waals surface area contributed by atoms with Crippen LogP contribution in [0, 0.1) is 0 Å². The standard InChI is InChI=1S/C6H12ClN3/c1-3-9-5-8-10(4-2)6(9)7/h5-6H,3-4H2,1-2H3. The summed E-state index contributed by atoms with van der Waals surface area (Å²) in [4.78, 5) is 1.98. The van der Waals surface area contributed by atoms with Crippen molar-refractivity contribution in [2.45, 2.75) is 19.5 Å². The second-order valence-electron chi connectivity index (χ2n) is 2.13. The van der Waals surface area contributed by atoms with Crippen molar-refractivity contribution in [1.29, 1.82) is 0 Å². The zero-order chi connectivity index (χ0) is 7.56. The van der Waals surface area contributed by atoms with Crippen LogP contribution in [0.1, 0.15) is 13.8 Å². The fraction of sp³-hybridized carbons (Fsp3) is 0.833. The van der Waals surface area contributed by atoms with E-state index >= 15 is 0 Å². The lowest BCUT2D eigenvalue weighted by Gasteiger charge is -2.22. The van der Waals surface area contributed by atoms with E-state index in [1.165, 1.54) is 0 Å². The monoisotopic (exact) mass is 161 g/mol. The van der Waals surface area contributed by atoms with Gasteiger partial charge in [-0.05, 0) is 13.8 Å². The Morgan fingerprint density at radius 1 is 1.50 bits per heavy atom. The molecule has 0 saturated heterocycles. The number of rotatable bonds is 2. The third-order valence-electron chi connectivity index (χ3n) is 1.56. The van der Waals surface area contributed by atoms with Crippen LogP contribution >= 0.6 is 11.6 Å². The highest BCUT2D eigenvalue weighted by Gasteiger charge is 2.21. The molecule has 0 fully saturated rings. The molecule has 0 saturated carbocycles. The molecule has 58 valence electrons. The highest BCUT2D eigenvalue weighted by Crippen LogP contribution is 2.14. The van der Waals surface area contributed by atoms with Crippen LogP contribution < -0.4 is 0 Å². The summed E-state index contributed by atoms with van der Waals surface area (Å²) in [5.74, 6) is 0. The minimum absolute atomic E-state index is 0.0741. The number of halogens is 1. The minimum atomic E-state index is -0.0741. The van der Waals surface area contributed by atoms with Crippen molar-refractivity contribution in [3.63, 3.8) is 0 Å². The van der Waals surface area contributed by atoms with Gasteiger partial charge in [-0.15, -0.1) is 0 Å². The van der Waals surface area contributed by atoms with E-state index in [1.807, 2.05) is 16.8 Å². The molecule has 0 spiro atoms. The Labute approximate surface area is 66.2 Å². The van der Waals surface area contributed by atoms with Crippen LogP contribution in [-0.4, -0.2) is 35.0 Å². The Hall–Kier alpha value is -0.440. The third kappa shape index (κ3) is 1.19. The molecule has 1 aliphatic rings. The molecule has 0 radical (unpaired) electrons. The lowest BCUT2D eigenvalue weighted by Crippen LogP contribution is -2.34. The first-order valence-corrected chi connectivity index (χ1v) is 3.93. The summed E-state index contributed by atoms with van der Waals surface area (Å²) < 4.78 is 0. The summed E-state index contributed by atoms with van der Waals surface area (Å²) >= 11 is 5.97. The van der Waals surface area contributed by atoms with Gasteiger partial charge in [0.15, 0.2) is 5.62 Å². The van der Waals surface area contributed by atoms with Gasteiger partial charge < -0.3 is 4.90 Å². The van der Waals surface area contributed by atoms with Crippen molar-refractivity contribution in [2.24, 2.45) is 5.10 Å². The fourth-order valence-electron chi connectivity index (χ4n) is 0.878. The van der Waals surface area contributed by atoms with Gasteiger partial charge >= 0.3 is 0 Å². The Kier molecular flexibility index (Phi) is 2.38. The van der Waals surface area contributed by atoms with E-state index < -0.39 is 0 Å². The van der Waals surface area contributed by atoms with E-state index in [1.54, 1.807) is 6.34 Å². The highest BCUT2D eigenvalue weighted by atomic mass is 35.5. The number of hydrogen-bond acceptors (Lipinski definition) is 3. The van der Waals surface area contributed by atoms with Gasteiger partial charge in [-0.1, -0.05) is 11.6 Å². The molecule has 0 aromatic rings. The molecule has 3 nitrogen and oxygen atoms in total. The Morgan fingerprint density at radius 3 is 2.50 bits per heavy atom. The summed E-state index contributed by atoms with van der Waals surface area (Å²) in [5, 5.41) is 5.93. The predicted octanol–water partition coefficient (Wildman–Crippen LogP) is 1.11. The topological polar surface area (TPSA) is 18.8 Å². The number of alkyl halides is 1. The maximum atomic E-state index is 5.97. The van der Waals surface area contributed by atoms with E-state index in [4.69, 9.17) is 11.6 Å². The SMILES string of the molecule is CCN1C=NN(CC)C1Cl. The molecule has 0 N–H and O–H groups in total. The molecule has 4 heteroatoms. The van der Waals surface area contributed by atoms with E-state index in [0.29, 0.717) is 0 Å². The van der Waals surface area contributed by atoms with Crippen LogP contribution in [0.3, 0.4) is 0 Å². The van der Waals surface area contributed by atoms with Crippen LogP contribution in [0.5, 0.6) is 0 Å². The van der Waals surface area contributed by atoms with Crippen molar-refractivity contribution in [3.05, 3.63) is 0 Å². The smallest absolute Gasteiger partial charge is 0.195 e. The molecule has 0 aliphatic carbocycles. The molecule has 1 heterocycles. The van der Waals surface area contributed by atoms with E-state index in [9.17, 15) is 0 Å². The average molecular weight is 162 g/mol. The number of hydrazone groups is 1. The van der Waals surface area contributed by atoms with Crippen molar-refractivity contribution in [2.75, 3.05) is 13.1 Å². The van der Waals surface area contributed by atoms with Crippen molar-refractivity contribution >= 4 is 17.9 Å². The first-order valence-electron chi connectivity index (χ1n) is 3.50. The molecular formula is C6H12ClN3. The van der Waals surface area contributed by atoms with Gasteiger partial charge in [0, 0.05) is 13.1 Å². The second kappa shape index (κ2) is 3.10. The molecule has 10 heavy (non-hydrogen) atoms. The fourth-order valence-corrected chi connectivity index (χ4v) is 1.26. The Balaban J connectivity index is 2.49. The van der Waals surface area contributed by atoms with E-state index in [-0.39, 0.29) is 5.62 Å². The maximum Gasteiger partial charge on any atom is 0.195 e. The van der Waals surface area contributed by atoms with Crippen molar-refractivity contribution in [1.82, 2.24) is 9.91 Å². The molecule has 1 aliphatic heterocycles. The van der Waals surface area contributed by atoms with Gasteiger partial charge in [0.2, 0.25) is 0 Å². The summed E-state index contributed by atoms with van der Waals surface area (Å²) in [5.41, 5.74) is -0.0741. The number of hydrogen-bond donors (Lipinski definition) is 0. The van der Waals surface area contributed by atoms with Crippen LogP contribution in [0.4, 0.5) is 0 Å². The highest BCUT2D eigenvalue weighted by molar-refractivity contribution is 6.20. The van der Waals surface area contributed by atoms with Crippen molar-refractivity contribution in [3.8, 4) is 0 Å². The maximum absolute atomic E-state index is 5.97. The van der Waals surface area contributed by atoms with Gasteiger partial charge in [-0.2, -0.15) is 5.10 Å². The van der Waals surface area contributed by atoms with E-state index in [2.05, 4.69) is 12.0 Å². The molecule has 0 bridgehead atoms. The largest absolute Gasteiger partial charge is 0.327 e. The average Bonchev–Trinajstić information content (AvgIpc) is 2.30. The van der Waals surface area contributed by atoms with Gasteiger partial charge in [0.05, 0.1) is 0 Å². The van der Waals surface area contributed by atoms with Gasteiger partial charge in [0.1, 0.15) is 6.34 Å². The number of nitrogens with zero attached hydrogens (tertiary/aromatic N) is 3. The van der Waals surface area contributed by atoms with Crippen LogP contribution in [0.2, 0.25) is 0 Å². The van der Waals surface area contributed by atoms with Gasteiger partial charge in [-0.3, -0.25) is 5.01 Å². The molecule has 1 atom stereocenters. The first-order chi connectivity index (χ1) is 4.79. The van der Waals surface area contributed by atoms with Gasteiger partial charge in [-0.25, -0.2) is 0 Å². The first kappa shape index (κ1) is 7.66. The lowest BCUT2D eigenvalue weighted by atomic mass is 10.6. The Morgan fingerprint density at radius 2 is 2.20 bits per heavy atom. The van der Waals surface area contributed by atoms with Gasteiger partial charge in [0.25, 0.3) is 0 Å². The molecular weight excluding hydrogens is 150 g/mol. The molecule has 0 aromatic heterocycles. The van der Waals surface area contributed by atoms with Crippen LogP contribution in [-0.2, 0) is 0 Å². The van der Waals surface area contributed by atoms with Crippen LogP contribution in [0.25, 0.3) is 0 Å². The summed E-state index contributed by atoms with van der Waals surface area (Å²) in [6.07, 6.45) is 1.78. The second-order valence-corrected chi connectivity index (χ2v) is 2.52. The van der Waals surface area contributed by atoms with E-state index in [0.717, 1.165) is 13.1 Å². The lowest BCUT2D eigenvalue weighted by molar-refractivity contribution is 0.213. The summed E-state index contributed by atoms with van der Waals surface area (Å²) in [7, 11) is 0. The molecule has 1 unspecified atom stereocenters. The Bertz CT molecular complexity index is 123. The third-order valence-corrected chi connectivity index (χ3v) is 2.03. The zero-order valence-electron chi connectivity index (χ0n) is 6.29. The quantitative estimate of drug-likeness (QED) is 0.447.